The van der Waals surface area contributed by atoms with Gasteiger partial charge in [0.25, 0.3) is 0 Å². The molecule has 0 aliphatic rings. The zero-order chi connectivity index (χ0) is 17.4. The molecule has 1 aromatic rings. The lowest BCUT2D eigenvalue weighted by molar-refractivity contribution is -0.127. The van der Waals surface area contributed by atoms with Crippen LogP contribution in [0.5, 0.6) is 0 Å². The molecule has 0 aliphatic carbocycles. The van der Waals surface area contributed by atoms with E-state index in [1.807, 2.05) is 13.8 Å². The van der Waals surface area contributed by atoms with E-state index in [0.29, 0.717) is 18.1 Å². The fourth-order valence-corrected chi connectivity index (χ4v) is 1.75. The molecule has 1 amide bonds. The van der Waals surface area contributed by atoms with Gasteiger partial charge in [-0.3, -0.25) is 4.79 Å². The van der Waals surface area contributed by atoms with Gasteiger partial charge in [0.2, 0.25) is 5.91 Å². The largest absolute Gasteiger partial charge is 0.356 e. The third kappa shape index (κ3) is 7.41. The van der Waals surface area contributed by atoms with Crippen molar-refractivity contribution in [2.45, 2.75) is 26.3 Å². The number of hydrogen-bond donors (Lipinski definition) is 2. The number of nitrogens with one attached hydrogen (secondary N) is 2. The molecule has 24 heavy (non-hydrogen) atoms. The normalized spacial score (nSPS) is 12.2. The van der Waals surface area contributed by atoms with Gasteiger partial charge in [0.15, 0.2) is 17.6 Å². The highest BCUT2D eigenvalue weighted by Crippen LogP contribution is 2.15. The molecule has 1 rings (SSSR count). The number of guanidine groups is 1. The molecule has 0 saturated carbocycles. The molecular weight excluding hydrogens is 429 g/mol. The highest BCUT2D eigenvalue weighted by molar-refractivity contribution is 14.0. The predicted molar refractivity (Wildman–Crippen MR) is 103 cm³/mol. The maximum absolute atomic E-state index is 13.3. The van der Waals surface area contributed by atoms with Gasteiger partial charge in [-0.2, -0.15) is 0 Å². The molecule has 0 aliphatic heterocycles. The molecule has 136 valence electrons. The third-order valence-corrected chi connectivity index (χ3v) is 3.21. The maximum atomic E-state index is 13.3. The molecule has 0 fully saturated rings. The van der Waals surface area contributed by atoms with Crippen molar-refractivity contribution in [1.82, 2.24) is 15.5 Å². The Labute approximate surface area is 158 Å². The van der Waals surface area contributed by atoms with Gasteiger partial charge in [0, 0.05) is 20.6 Å². The monoisotopic (exact) mass is 454 g/mol. The van der Waals surface area contributed by atoms with E-state index in [1.165, 1.54) is 11.0 Å². The number of halogens is 3. The molecule has 2 N–H and O–H groups in total. The Morgan fingerprint density at radius 3 is 2.50 bits per heavy atom. The molecule has 0 aromatic heterocycles. The number of likely N-dealkylation sites (N-methyl/N-ethyl adjacent to an activating group) is 1. The van der Waals surface area contributed by atoms with Crippen LogP contribution in [0.25, 0.3) is 0 Å². The van der Waals surface area contributed by atoms with Crippen LogP contribution >= 0.6 is 24.0 Å². The Bertz CT molecular complexity index is 567. The van der Waals surface area contributed by atoms with Gasteiger partial charge in [0.05, 0.1) is 6.04 Å². The first kappa shape index (κ1) is 22.6. The van der Waals surface area contributed by atoms with Crippen LogP contribution in [0.15, 0.2) is 23.2 Å². The van der Waals surface area contributed by atoms with Crippen molar-refractivity contribution in [2.75, 3.05) is 27.2 Å². The van der Waals surface area contributed by atoms with Crippen LogP contribution in [-0.4, -0.2) is 44.0 Å². The molecule has 0 saturated heterocycles. The van der Waals surface area contributed by atoms with Crippen molar-refractivity contribution in [2.24, 2.45) is 4.99 Å². The van der Waals surface area contributed by atoms with Crippen LogP contribution in [0.3, 0.4) is 0 Å². The minimum atomic E-state index is -0.890. The molecule has 1 unspecified atom stereocenters. The van der Waals surface area contributed by atoms with Crippen LogP contribution in [-0.2, 0) is 4.79 Å². The summed E-state index contributed by atoms with van der Waals surface area (Å²) in [6.07, 6.45) is 0.891. The molecule has 0 bridgehead atoms. The van der Waals surface area contributed by atoms with Crippen LogP contribution < -0.4 is 10.6 Å². The smallest absolute Gasteiger partial charge is 0.243 e. The molecular formula is C16H25F2IN4O. The van der Waals surface area contributed by atoms with E-state index in [0.717, 1.165) is 18.6 Å². The maximum Gasteiger partial charge on any atom is 0.243 e. The summed E-state index contributed by atoms with van der Waals surface area (Å²) in [6, 6.07) is 3.46. The topological polar surface area (TPSA) is 56.7 Å². The second-order valence-electron chi connectivity index (χ2n) is 5.42. The van der Waals surface area contributed by atoms with E-state index < -0.39 is 11.6 Å². The first-order valence-corrected chi connectivity index (χ1v) is 7.55. The summed E-state index contributed by atoms with van der Waals surface area (Å²) in [5.74, 6) is -1.43. The lowest BCUT2D eigenvalue weighted by Crippen LogP contribution is -2.40. The number of carbonyl (C=O) groups excluding carboxylic acids is 1. The highest BCUT2D eigenvalue weighted by Gasteiger charge is 2.11. The summed E-state index contributed by atoms with van der Waals surface area (Å²) >= 11 is 0. The van der Waals surface area contributed by atoms with Crippen molar-refractivity contribution in [3.05, 3.63) is 35.4 Å². The Morgan fingerprint density at radius 1 is 1.29 bits per heavy atom. The quantitative estimate of drug-likeness (QED) is 0.395. The molecule has 8 heteroatoms. The van der Waals surface area contributed by atoms with Gasteiger partial charge >= 0.3 is 0 Å². The average molecular weight is 454 g/mol. The Balaban J connectivity index is 0.00000529. The first-order chi connectivity index (χ1) is 10.8. The zero-order valence-electron chi connectivity index (χ0n) is 14.4. The summed E-state index contributed by atoms with van der Waals surface area (Å²) in [4.78, 5) is 17.3. The van der Waals surface area contributed by atoms with Crippen molar-refractivity contribution >= 4 is 35.8 Å². The Kier molecular flexibility index (Phi) is 10.5. The molecule has 1 atom stereocenters. The fourth-order valence-electron chi connectivity index (χ4n) is 1.75. The second-order valence-corrected chi connectivity index (χ2v) is 5.42. The first-order valence-electron chi connectivity index (χ1n) is 7.55. The number of aliphatic imine (C=N–C) groups is 1. The summed E-state index contributed by atoms with van der Waals surface area (Å²) in [5, 5.41) is 6.18. The molecule has 0 heterocycles. The van der Waals surface area contributed by atoms with Gasteiger partial charge in [-0.1, -0.05) is 13.0 Å². The van der Waals surface area contributed by atoms with Crippen molar-refractivity contribution in [3.8, 4) is 0 Å². The van der Waals surface area contributed by atoms with Crippen molar-refractivity contribution in [1.29, 1.82) is 0 Å². The van der Waals surface area contributed by atoms with Gasteiger partial charge in [0.1, 0.15) is 6.54 Å². The molecule has 0 spiro atoms. The van der Waals surface area contributed by atoms with E-state index >= 15 is 0 Å². The standard InChI is InChI=1S/C16H24F2N4O.HI/c1-5-8-19-16(20-10-15(23)22(3)4)21-11(2)12-6-7-13(17)14(18)9-12;/h6-7,9,11H,5,8,10H2,1-4H3,(H2,19,20,21);1H. The van der Waals surface area contributed by atoms with Crippen LogP contribution in [0.1, 0.15) is 31.9 Å². The molecule has 1 aromatic carbocycles. The summed E-state index contributed by atoms with van der Waals surface area (Å²) in [7, 11) is 3.32. The molecule has 5 nitrogen and oxygen atoms in total. The fraction of sp³-hybridized carbons (Fsp3) is 0.500. The number of carbonyl (C=O) groups is 1. The van der Waals surface area contributed by atoms with Gasteiger partial charge in [-0.25, -0.2) is 13.8 Å². The number of rotatable bonds is 6. The van der Waals surface area contributed by atoms with Crippen LogP contribution in [0, 0.1) is 11.6 Å². The van der Waals surface area contributed by atoms with E-state index in [4.69, 9.17) is 0 Å². The van der Waals surface area contributed by atoms with Gasteiger partial charge < -0.3 is 15.5 Å². The molecule has 0 radical (unpaired) electrons. The van der Waals surface area contributed by atoms with E-state index in [-0.39, 0.29) is 42.5 Å². The highest BCUT2D eigenvalue weighted by atomic mass is 127. The van der Waals surface area contributed by atoms with Crippen LogP contribution in [0.4, 0.5) is 8.78 Å². The van der Waals surface area contributed by atoms with Crippen LogP contribution in [0.2, 0.25) is 0 Å². The summed E-state index contributed by atoms with van der Waals surface area (Å²) in [5.41, 5.74) is 0.592. The Morgan fingerprint density at radius 2 is 1.96 bits per heavy atom. The summed E-state index contributed by atoms with van der Waals surface area (Å²) < 4.78 is 26.3. The van der Waals surface area contributed by atoms with Crippen molar-refractivity contribution in [3.63, 3.8) is 0 Å². The summed E-state index contributed by atoms with van der Waals surface area (Å²) in [6.45, 7) is 4.51. The van der Waals surface area contributed by atoms with Crippen molar-refractivity contribution < 1.29 is 13.6 Å². The number of hydrogen-bond acceptors (Lipinski definition) is 2. The van der Waals surface area contributed by atoms with Gasteiger partial charge in [-0.15, -0.1) is 24.0 Å². The minimum absolute atomic E-state index is 0. The van der Waals surface area contributed by atoms with E-state index in [1.54, 1.807) is 14.1 Å². The zero-order valence-corrected chi connectivity index (χ0v) is 16.7. The third-order valence-electron chi connectivity index (χ3n) is 3.21. The number of benzene rings is 1. The SMILES string of the molecule is CCCNC(=NCC(=O)N(C)C)NC(C)c1ccc(F)c(F)c1.I. The Hall–Kier alpha value is -1.45. The van der Waals surface area contributed by atoms with E-state index in [2.05, 4.69) is 15.6 Å². The lowest BCUT2D eigenvalue weighted by atomic mass is 10.1. The predicted octanol–water partition coefficient (Wildman–Crippen LogP) is 2.68. The van der Waals surface area contributed by atoms with Gasteiger partial charge in [-0.05, 0) is 31.0 Å². The average Bonchev–Trinajstić information content (AvgIpc) is 2.51. The number of nitrogens with zero attached hydrogens (tertiary/aromatic N) is 2. The lowest BCUT2D eigenvalue weighted by Gasteiger charge is -2.19. The van der Waals surface area contributed by atoms with E-state index in [9.17, 15) is 13.6 Å². The minimum Gasteiger partial charge on any atom is -0.356 e. The second kappa shape index (κ2) is 11.2. The number of amides is 1.